The fourth-order valence-corrected chi connectivity index (χ4v) is 2.54. The van der Waals surface area contributed by atoms with Crippen LogP contribution in [0.25, 0.3) is 0 Å². The fourth-order valence-electron chi connectivity index (χ4n) is 2.54. The summed E-state index contributed by atoms with van der Waals surface area (Å²) in [5.41, 5.74) is 0. The number of rotatable bonds is 6. The largest absolute Gasteiger partial charge is 0.492 e. The van der Waals surface area contributed by atoms with Gasteiger partial charge in [-0.25, -0.2) is 0 Å². The van der Waals surface area contributed by atoms with Gasteiger partial charge in [0, 0.05) is 19.7 Å². The Hall–Kier alpha value is -1.06. The molecule has 18 heavy (non-hydrogen) atoms. The van der Waals surface area contributed by atoms with Crippen LogP contribution in [-0.4, -0.2) is 44.4 Å². The number of hydrogen-bond donors (Lipinski definition) is 0. The van der Waals surface area contributed by atoms with Crippen molar-refractivity contribution in [3.05, 3.63) is 30.3 Å². The van der Waals surface area contributed by atoms with Gasteiger partial charge in [-0.15, -0.1) is 0 Å². The Labute approximate surface area is 110 Å². The molecule has 0 aliphatic carbocycles. The van der Waals surface area contributed by atoms with Crippen LogP contribution >= 0.6 is 0 Å². The van der Waals surface area contributed by atoms with Crippen molar-refractivity contribution in [1.29, 1.82) is 0 Å². The van der Waals surface area contributed by atoms with E-state index in [9.17, 15) is 0 Å². The maximum absolute atomic E-state index is 5.89. The Morgan fingerprint density at radius 3 is 2.78 bits per heavy atom. The van der Waals surface area contributed by atoms with Gasteiger partial charge < -0.3 is 9.47 Å². The molecule has 1 saturated heterocycles. The molecule has 100 valence electrons. The maximum Gasteiger partial charge on any atom is 0.119 e. The van der Waals surface area contributed by atoms with Gasteiger partial charge in [0.25, 0.3) is 0 Å². The number of hydrogen-bond acceptors (Lipinski definition) is 3. The fraction of sp³-hybridized carbons (Fsp3) is 0.600. The van der Waals surface area contributed by atoms with Gasteiger partial charge in [0.05, 0.1) is 6.61 Å². The van der Waals surface area contributed by atoms with Crippen molar-refractivity contribution in [1.82, 2.24) is 4.90 Å². The summed E-state index contributed by atoms with van der Waals surface area (Å²) in [4.78, 5) is 2.48. The minimum Gasteiger partial charge on any atom is -0.492 e. The average molecular weight is 249 g/mol. The molecule has 0 saturated carbocycles. The molecular formula is C15H23NO2. The zero-order valence-electron chi connectivity index (χ0n) is 11.3. The van der Waals surface area contributed by atoms with Gasteiger partial charge >= 0.3 is 0 Å². The van der Waals surface area contributed by atoms with E-state index in [1.54, 1.807) is 7.11 Å². The molecule has 0 radical (unpaired) electrons. The van der Waals surface area contributed by atoms with E-state index in [1.165, 1.54) is 6.42 Å². The van der Waals surface area contributed by atoms with Crippen LogP contribution in [0, 0.1) is 5.92 Å². The van der Waals surface area contributed by atoms with Crippen LogP contribution in [0.3, 0.4) is 0 Å². The van der Waals surface area contributed by atoms with E-state index < -0.39 is 0 Å². The second-order valence-electron chi connectivity index (χ2n) is 4.99. The molecule has 2 atom stereocenters. The van der Waals surface area contributed by atoms with E-state index in [1.807, 2.05) is 30.3 Å². The SMILES string of the molecule is COCCN1CCC(C)C1COc1ccccc1. The van der Waals surface area contributed by atoms with Crippen molar-refractivity contribution >= 4 is 0 Å². The van der Waals surface area contributed by atoms with E-state index in [2.05, 4.69) is 11.8 Å². The molecule has 1 aliphatic rings. The number of benzene rings is 1. The van der Waals surface area contributed by atoms with Gasteiger partial charge in [-0.05, 0) is 31.0 Å². The minimum atomic E-state index is 0.514. The summed E-state index contributed by atoms with van der Waals surface area (Å²) in [6.07, 6.45) is 1.26. The van der Waals surface area contributed by atoms with E-state index >= 15 is 0 Å². The van der Waals surface area contributed by atoms with Crippen LogP contribution in [0.1, 0.15) is 13.3 Å². The van der Waals surface area contributed by atoms with Crippen LogP contribution in [0.4, 0.5) is 0 Å². The lowest BCUT2D eigenvalue weighted by Crippen LogP contribution is -2.39. The monoisotopic (exact) mass is 249 g/mol. The van der Waals surface area contributed by atoms with Gasteiger partial charge in [-0.3, -0.25) is 4.90 Å². The summed E-state index contributed by atoms with van der Waals surface area (Å²) >= 11 is 0. The van der Waals surface area contributed by atoms with Gasteiger partial charge in [0.1, 0.15) is 12.4 Å². The van der Waals surface area contributed by atoms with Crippen molar-refractivity contribution in [3.63, 3.8) is 0 Å². The Bertz CT molecular complexity index is 342. The predicted molar refractivity (Wildman–Crippen MR) is 73.0 cm³/mol. The second kappa shape index (κ2) is 6.76. The smallest absolute Gasteiger partial charge is 0.119 e. The third kappa shape index (κ3) is 3.47. The van der Waals surface area contributed by atoms with Crippen LogP contribution in [0.5, 0.6) is 5.75 Å². The third-order valence-corrected chi connectivity index (χ3v) is 3.74. The lowest BCUT2D eigenvalue weighted by molar-refractivity contribution is 0.109. The van der Waals surface area contributed by atoms with Crippen molar-refractivity contribution in [2.75, 3.05) is 33.4 Å². The van der Waals surface area contributed by atoms with Crippen molar-refractivity contribution < 1.29 is 9.47 Å². The molecule has 0 amide bonds. The number of likely N-dealkylation sites (tertiary alicyclic amines) is 1. The first-order chi connectivity index (χ1) is 8.81. The van der Waals surface area contributed by atoms with Gasteiger partial charge in [-0.1, -0.05) is 25.1 Å². The summed E-state index contributed by atoms with van der Waals surface area (Å²) < 4.78 is 11.1. The number of ether oxygens (including phenoxy) is 2. The van der Waals surface area contributed by atoms with E-state index in [0.717, 1.165) is 32.1 Å². The third-order valence-electron chi connectivity index (χ3n) is 3.74. The topological polar surface area (TPSA) is 21.7 Å². The number of nitrogens with zero attached hydrogens (tertiary/aromatic N) is 1. The van der Waals surface area contributed by atoms with Crippen molar-refractivity contribution in [3.8, 4) is 5.75 Å². The lowest BCUT2D eigenvalue weighted by atomic mass is 10.0. The molecule has 0 aromatic heterocycles. The highest BCUT2D eigenvalue weighted by Gasteiger charge is 2.31. The molecule has 1 fully saturated rings. The predicted octanol–water partition coefficient (Wildman–Crippen LogP) is 2.42. The Morgan fingerprint density at radius 2 is 2.06 bits per heavy atom. The molecule has 1 heterocycles. The zero-order valence-corrected chi connectivity index (χ0v) is 11.3. The minimum absolute atomic E-state index is 0.514. The van der Waals surface area contributed by atoms with E-state index in [0.29, 0.717) is 12.0 Å². The maximum atomic E-state index is 5.89. The number of para-hydroxylation sites is 1. The van der Waals surface area contributed by atoms with E-state index in [4.69, 9.17) is 9.47 Å². The van der Waals surface area contributed by atoms with Crippen LogP contribution in [0.15, 0.2) is 30.3 Å². The zero-order chi connectivity index (χ0) is 12.8. The molecule has 3 heteroatoms. The Kier molecular flexibility index (Phi) is 5.02. The first-order valence-electron chi connectivity index (χ1n) is 6.72. The second-order valence-corrected chi connectivity index (χ2v) is 4.99. The van der Waals surface area contributed by atoms with Gasteiger partial charge in [-0.2, -0.15) is 0 Å². The van der Waals surface area contributed by atoms with Crippen LogP contribution in [-0.2, 0) is 4.74 Å². The highest BCUT2D eigenvalue weighted by Crippen LogP contribution is 2.24. The molecule has 1 aromatic carbocycles. The molecule has 2 unspecified atom stereocenters. The first kappa shape index (κ1) is 13.4. The quantitative estimate of drug-likeness (QED) is 0.773. The lowest BCUT2D eigenvalue weighted by Gasteiger charge is -2.26. The highest BCUT2D eigenvalue weighted by atomic mass is 16.5. The van der Waals surface area contributed by atoms with E-state index in [-0.39, 0.29) is 0 Å². The Morgan fingerprint density at radius 1 is 1.28 bits per heavy atom. The highest BCUT2D eigenvalue weighted by molar-refractivity contribution is 5.21. The Balaban J connectivity index is 1.85. The molecule has 0 spiro atoms. The average Bonchev–Trinajstić information content (AvgIpc) is 2.76. The number of methoxy groups -OCH3 is 1. The molecule has 2 rings (SSSR count). The summed E-state index contributed by atoms with van der Waals surface area (Å²) in [5, 5.41) is 0. The molecule has 0 N–H and O–H groups in total. The van der Waals surface area contributed by atoms with Crippen LogP contribution < -0.4 is 4.74 Å². The molecule has 1 aromatic rings. The molecule has 3 nitrogen and oxygen atoms in total. The molecule has 0 bridgehead atoms. The normalized spacial score (nSPS) is 24.3. The van der Waals surface area contributed by atoms with Gasteiger partial charge in [0.15, 0.2) is 0 Å². The summed E-state index contributed by atoms with van der Waals surface area (Å²) in [5.74, 6) is 1.66. The summed E-state index contributed by atoms with van der Waals surface area (Å²) in [7, 11) is 1.76. The summed E-state index contributed by atoms with van der Waals surface area (Å²) in [6.45, 7) is 6.05. The first-order valence-corrected chi connectivity index (χ1v) is 6.72. The van der Waals surface area contributed by atoms with Crippen LogP contribution in [0.2, 0.25) is 0 Å². The molecule has 1 aliphatic heterocycles. The van der Waals surface area contributed by atoms with Gasteiger partial charge in [0.2, 0.25) is 0 Å². The molecular weight excluding hydrogens is 226 g/mol. The summed E-state index contributed by atoms with van der Waals surface area (Å²) in [6, 6.07) is 10.6. The van der Waals surface area contributed by atoms with Crippen molar-refractivity contribution in [2.45, 2.75) is 19.4 Å². The standard InChI is InChI=1S/C15H23NO2/c1-13-8-9-16(10-11-17-2)15(13)12-18-14-6-4-3-5-7-14/h3-7,13,15H,8-12H2,1-2H3. The van der Waals surface area contributed by atoms with Crippen molar-refractivity contribution in [2.24, 2.45) is 5.92 Å².